The van der Waals surface area contributed by atoms with Crippen LogP contribution in [-0.4, -0.2) is 19.1 Å². The van der Waals surface area contributed by atoms with Crippen molar-refractivity contribution in [3.8, 4) is 11.5 Å². The minimum absolute atomic E-state index is 0.101. The van der Waals surface area contributed by atoms with Crippen LogP contribution in [-0.2, 0) is 5.54 Å². The molecule has 2 aromatic carbocycles. The molecule has 0 spiro atoms. The molecule has 7 heteroatoms. The van der Waals surface area contributed by atoms with Crippen molar-refractivity contribution < 1.29 is 18.7 Å². The molecule has 31 heavy (non-hydrogen) atoms. The summed E-state index contributed by atoms with van der Waals surface area (Å²) in [5.41, 5.74) is 6.46. The quantitative estimate of drug-likeness (QED) is 0.544. The third kappa shape index (κ3) is 4.88. The predicted molar refractivity (Wildman–Crippen MR) is 121 cm³/mol. The zero-order valence-electron chi connectivity index (χ0n) is 18.4. The first-order valence-corrected chi connectivity index (χ1v) is 10.2. The summed E-state index contributed by atoms with van der Waals surface area (Å²) in [5.74, 6) is 0.241. The van der Waals surface area contributed by atoms with E-state index < -0.39 is 17.1 Å². The van der Waals surface area contributed by atoms with Crippen molar-refractivity contribution in [1.29, 1.82) is 0 Å². The SMILES string of the molecule is CC[C@@H](C)Oc1c(OC)ccc2cc(C(=O)Nc3ccc(C(C)(C)N)cc3)c(=O)oc12. The number of anilines is 1. The molecule has 3 aromatic rings. The Morgan fingerprint density at radius 2 is 1.87 bits per heavy atom. The summed E-state index contributed by atoms with van der Waals surface area (Å²) in [5, 5.41) is 3.28. The van der Waals surface area contributed by atoms with E-state index in [0.717, 1.165) is 12.0 Å². The summed E-state index contributed by atoms with van der Waals surface area (Å²) in [6.07, 6.45) is 0.666. The number of benzene rings is 2. The standard InChI is InChI=1S/C24H28N2O5/c1-6-14(2)30-21-19(29-5)12-7-15-13-18(23(28)31-20(15)21)22(27)26-17-10-8-16(9-11-17)24(3,4)25/h7-14H,6,25H2,1-5H3,(H,26,27)/t14-/m1/s1. The summed E-state index contributed by atoms with van der Waals surface area (Å²) in [4.78, 5) is 25.4. The number of nitrogens with one attached hydrogen (secondary N) is 1. The summed E-state index contributed by atoms with van der Waals surface area (Å²) in [6.45, 7) is 7.70. The Balaban J connectivity index is 1.95. The third-order valence-corrected chi connectivity index (χ3v) is 5.07. The van der Waals surface area contributed by atoms with Gasteiger partial charge in [-0.3, -0.25) is 4.79 Å². The summed E-state index contributed by atoms with van der Waals surface area (Å²) in [6, 6.07) is 12.1. The van der Waals surface area contributed by atoms with Crippen LogP contribution in [0, 0.1) is 0 Å². The highest BCUT2D eigenvalue weighted by Crippen LogP contribution is 2.36. The van der Waals surface area contributed by atoms with Crippen molar-refractivity contribution in [3.63, 3.8) is 0 Å². The van der Waals surface area contributed by atoms with E-state index in [2.05, 4.69) is 5.32 Å². The Morgan fingerprint density at radius 3 is 2.45 bits per heavy atom. The normalized spacial score (nSPS) is 12.5. The molecule has 0 fully saturated rings. The fourth-order valence-corrected chi connectivity index (χ4v) is 3.04. The minimum Gasteiger partial charge on any atom is -0.493 e. The van der Waals surface area contributed by atoms with Crippen molar-refractivity contribution in [3.05, 3.63) is 64.0 Å². The van der Waals surface area contributed by atoms with Crippen molar-refractivity contribution in [1.82, 2.24) is 0 Å². The Bertz CT molecular complexity index is 1140. The highest BCUT2D eigenvalue weighted by Gasteiger charge is 2.20. The van der Waals surface area contributed by atoms with Crippen molar-refractivity contribution in [2.45, 2.75) is 45.8 Å². The molecule has 0 aliphatic heterocycles. The lowest BCUT2D eigenvalue weighted by molar-refractivity contribution is 0.102. The predicted octanol–water partition coefficient (Wildman–Crippen LogP) is 4.43. The van der Waals surface area contributed by atoms with E-state index in [-0.39, 0.29) is 17.3 Å². The molecule has 0 bridgehead atoms. The topological polar surface area (TPSA) is 104 Å². The molecule has 0 radical (unpaired) electrons. The molecular weight excluding hydrogens is 396 g/mol. The number of carbonyl (C=O) groups is 1. The van der Waals surface area contributed by atoms with Crippen molar-refractivity contribution in [2.75, 3.05) is 12.4 Å². The first kappa shape index (κ1) is 22.4. The number of hydrogen-bond acceptors (Lipinski definition) is 6. The van der Waals surface area contributed by atoms with Crippen molar-refractivity contribution in [2.24, 2.45) is 5.73 Å². The number of hydrogen-bond donors (Lipinski definition) is 2. The van der Waals surface area contributed by atoms with Crippen LogP contribution in [0.15, 0.2) is 51.7 Å². The van der Waals surface area contributed by atoms with E-state index >= 15 is 0 Å². The van der Waals surface area contributed by atoms with E-state index in [9.17, 15) is 9.59 Å². The van der Waals surface area contributed by atoms with Gasteiger partial charge < -0.3 is 24.9 Å². The first-order valence-electron chi connectivity index (χ1n) is 10.2. The van der Waals surface area contributed by atoms with Gasteiger partial charge in [-0.15, -0.1) is 0 Å². The van der Waals surface area contributed by atoms with Crippen LogP contribution in [0.2, 0.25) is 0 Å². The van der Waals surface area contributed by atoms with Gasteiger partial charge in [0.15, 0.2) is 11.3 Å². The molecule has 0 aliphatic rings. The Kier molecular flexibility index (Phi) is 6.36. The van der Waals surface area contributed by atoms with E-state index in [1.807, 2.05) is 39.8 Å². The molecule has 1 heterocycles. The second-order valence-corrected chi connectivity index (χ2v) is 8.05. The zero-order valence-corrected chi connectivity index (χ0v) is 18.4. The number of rotatable bonds is 7. The van der Waals surface area contributed by atoms with E-state index in [0.29, 0.717) is 22.6 Å². The molecule has 1 aromatic heterocycles. The Morgan fingerprint density at radius 1 is 1.19 bits per heavy atom. The van der Waals surface area contributed by atoms with E-state index in [4.69, 9.17) is 19.6 Å². The van der Waals surface area contributed by atoms with Gasteiger partial charge in [-0.1, -0.05) is 19.1 Å². The first-order chi connectivity index (χ1) is 14.6. The highest BCUT2D eigenvalue weighted by molar-refractivity contribution is 6.05. The number of nitrogens with two attached hydrogens (primary N) is 1. The highest BCUT2D eigenvalue weighted by atomic mass is 16.5. The molecule has 7 nitrogen and oxygen atoms in total. The number of ether oxygens (including phenoxy) is 2. The molecule has 1 atom stereocenters. The lowest BCUT2D eigenvalue weighted by Crippen LogP contribution is -2.28. The maximum Gasteiger partial charge on any atom is 0.349 e. The van der Waals surface area contributed by atoms with Crippen LogP contribution in [0.4, 0.5) is 5.69 Å². The van der Waals surface area contributed by atoms with Crippen LogP contribution in [0.3, 0.4) is 0 Å². The summed E-state index contributed by atoms with van der Waals surface area (Å²) >= 11 is 0. The smallest absolute Gasteiger partial charge is 0.349 e. The van der Waals surface area contributed by atoms with Gasteiger partial charge in [0.25, 0.3) is 5.91 Å². The van der Waals surface area contributed by atoms with Crippen LogP contribution in [0.1, 0.15) is 50.0 Å². The van der Waals surface area contributed by atoms with Gasteiger partial charge in [-0.2, -0.15) is 0 Å². The molecule has 0 saturated carbocycles. The molecule has 3 N–H and O–H groups in total. The largest absolute Gasteiger partial charge is 0.493 e. The van der Waals surface area contributed by atoms with Crippen LogP contribution in [0.5, 0.6) is 11.5 Å². The van der Waals surface area contributed by atoms with Crippen LogP contribution >= 0.6 is 0 Å². The van der Waals surface area contributed by atoms with Crippen molar-refractivity contribution >= 4 is 22.6 Å². The third-order valence-electron chi connectivity index (χ3n) is 5.07. The molecular formula is C24H28N2O5. The van der Waals surface area contributed by atoms with Gasteiger partial charge in [0, 0.05) is 16.6 Å². The lowest BCUT2D eigenvalue weighted by Gasteiger charge is -2.19. The van der Waals surface area contributed by atoms with Crippen LogP contribution < -0.4 is 26.1 Å². The molecule has 164 valence electrons. The molecule has 0 unspecified atom stereocenters. The second-order valence-electron chi connectivity index (χ2n) is 8.05. The lowest BCUT2D eigenvalue weighted by atomic mass is 9.95. The zero-order chi connectivity index (χ0) is 22.8. The van der Waals surface area contributed by atoms with Gasteiger partial charge in [0.2, 0.25) is 5.75 Å². The average Bonchev–Trinajstić information content (AvgIpc) is 2.73. The maximum absolute atomic E-state index is 12.7. The number of carbonyl (C=O) groups excluding carboxylic acids is 1. The Hall–Kier alpha value is -3.32. The monoisotopic (exact) mass is 424 g/mol. The minimum atomic E-state index is -0.757. The summed E-state index contributed by atoms with van der Waals surface area (Å²) in [7, 11) is 1.52. The average molecular weight is 424 g/mol. The van der Waals surface area contributed by atoms with Gasteiger partial charge in [0.1, 0.15) is 5.56 Å². The number of amides is 1. The molecule has 0 saturated heterocycles. The van der Waals surface area contributed by atoms with Gasteiger partial charge >= 0.3 is 5.63 Å². The number of methoxy groups -OCH3 is 1. The van der Waals surface area contributed by atoms with Gasteiger partial charge in [0.05, 0.1) is 13.2 Å². The van der Waals surface area contributed by atoms with E-state index in [1.165, 1.54) is 13.2 Å². The fourth-order valence-electron chi connectivity index (χ4n) is 3.04. The second kappa shape index (κ2) is 8.81. The van der Waals surface area contributed by atoms with Crippen LogP contribution in [0.25, 0.3) is 11.0 Å². The molecule has 1 amide bonds. The molecule has 3 rings (SSSR count). The fraction of sp³-hybridized carbons (Fsp3) is 0.333. The Labute approximate surface area is 181 Å². The number of fused-ring (bicyclic) bond motifs is 1. The van der Waals surface area contributed by atoms with Gasteiger partial charge in [-0.05, 0) is 63.1 Å². The van der Waals surface area contributed by atoms with E-state index in [1.54, 1.807) is 24.3 Å². The molecule has 0 aliphatic carbocycles. The summed E-state index contributed by atoms with van der Waals surface area (Å²) < 4.78 is 16.8. The maximum atomic E-state index is 12.7. The van der Waals surface area contributed by atoms with Gasteiger partial charge in [-0.25, -0.2) is 4.79 Å².